The van der Waals surface area contributed by atoms with Gasteiger partial charge in [-0.25, -0.2) is 22.3 Å². The lowest BCUT2D eigenvalue weighted by Gasteiger charge is -2.38. The van der Waals surface area contributed by atoms with Crippen LogP contribution in [0.5, 0.6) is 0 Å². The number of amides is 1. The lowest BCUT2D eigenvalue weighted by atomic mass is 10.2. The van der Waals surface area contributed by atoms with E-state index in [0.29, 0.717) is 16.9 Å². The second kappa shape index (κ2) is 9.82. The van der Waals surface area contributed by atoms with E-state index in [2.05, 4.69) is 0 Å². The average molecular weight is 519 g/mol. The summed E-state index contributed by atoms with van der Waals surface area (Å²) in [6, 6.07) is 7.05. The number of piperazine rings is 1. The molecule has 0 bridgehead atoms. The van der Waals surface area contributed by atoms with E-state index in [1.807, 2.05) is 0 Å². The smallest absolute Gasteiger partial charge is 0.269 e. The van der Waals surface area contributed by atoms with Crippen molar-refractivity contribution in [2.75, 3.05) is 25.4 Å². The number of rotatable bonds is 8. The van der Waals surface area contributed by atoms with E-state index >= 15 is 0 Å². The van der Waals surface area contributed by atoms with Gasteiger partial charge in [0.1, 0.15) is 10.3 Å². The minimum absolute atomic E-state index is 0.0866. The number of hydroxylamine groups is 1. The van der Waals surface area contributed by atoms with Crippen LogP contribution in [0.4, 0.5) is 5.69 Å². The number of sulfonamides is 2. The molecular formula is C18H22N4O8S3. The van der Waals surface area contributed by atoms with Crippen LogP contribution in [0.15, 0.2) is 40.6 Å². The third-order valence-electron chi connectivity index (χ3n) is 5.07. The monoisotopic (exact) mass is 518 g/mol. The Morgan fingerprint density at radius 1 is 1.18 bits per heavy atom. The fourth-order valence-electron chi connectivity index (χ4n) is 3.43. The van der Waals surface area contributed by atoms with Crippen LogP contribution in [0, 0.1) is 10.1 Å². The molecule has 1 aliphatic rings. The molecule has 0 saturated carbocycles. The van der Waals surface area contributed by atoms with Gasteiger partial charge < -0.3 is 0 Å². The Morgan fingerprint density at radius 3 is 2.42 bits per heavy atom. The molecule has 33 heavy (non-hydrogen) atoms. The van der Waals surface area contributed by atoms with Crippen molar-refractivity contribution in [3.05, 3.63) is 46.5 Å². The summed E-state index contributed by atoms with van der Waals surface area (Å²) in [6.07, 6.45) is 0.359. The van der Waals surface area contributed by atoms with Gasteiger partial charge in [0.25, 0.3) is 21.6 Å². The second-order valence-electron chi connectivity index (χ2n) is 7.20. The molecule has 2 aromatic rings. The molecule has 2 N–H and O–H groups in total. The van der Waals surface area contributed by atoms with Gasteiger partial charge in [-0.05, 0) is 36.2 Å². The minimum atomic E-state index is -4.21. The molecule has 1 aromatic carbocycles. The van der Waals surface area contributed by atoms with Gasteiger partial charge in [0.15, 0.2) is 0 Å². The van der Waals surface area contributed by atoms with E-state index < -0.39 is 43.5 Å². The first-order valence-electron chi connectivity index (χ1n) is 9.79. The Bertz CT molecular complexity index is 1240. The SMILES string of the molecule is CCCS(=O)(=O)N1CCN(S(=O)(=O)c2ccc(-c3ccc([N+](=O)[O-])cc3)s2)[C@@H](C(=O)NO)C1. The topological polar surface area (TPSA) is 167 Å². The lowest BCUT2D eigenvalue weighted by molar-refractivity contribution is -0.384. The number of benzene rings is 1. The van der Waals surface area contributed by atoms with Gasteiger partial charge >= 0.3 is 0 Å². The Morgan fingerprint density at radius 2 is 1.85 bits per heavy atom. The van der Waals surface area contributed by atoms with Crippen molar-refractivity contribution in [1.82, 2.24) is 14.1 Å². The highest BCUT2D eigenvalue weighted by atomic mass is 32.2. The zero-order valence-corrected chi connectivity index (χ0v) is 19.9. The van der Waals surface area contributed by atoms with E-state index in [1.165, 1.54) is 35.8 Å². The Labute approximate surface area is 194 Å². The maximum absolute atomic E-state index is 13.3. The van der Waals surface area contributed by atoms with Crippen LogP contribution >= 0.6 is 11.3 Å². The van der Waals surface area contributed by atoms with Crippen LogP contribution in [-0.2, 0) is 24.8 Å². The highest BCUT2D eigenvalue weighted by molar-refractivity contribution is 7.91. The predicted molar refractivity (Wildman–Crippen MR) is 120 cm³/mol. The number of hydrogen-bond acceptors (Lipinski definition) is 9. The minimum Gasteiger partial charge on any atom is -0.289 e. The number of carbonyl (C=O) groups is 1. The molecule has 1 atom stereocenters. The molecule has 3 rings (SSSR count). The van der Waals surface area contributed by atoms with E-state index in [9.17, 15) is 31.7 Å². The van der Waals surface area contributed by atoms with Gasteiger partial charge in [0.05, 0.1) is 10.7 Å². The molecule has 2 heterocycles. The first kappa shape index (κ1) is 25.2. The second-order valence-corrected chi connectivity index (χ2v) is 12.5. The van der Waals surface area contributed by atoms with Crippen LogP contribution in [0.2, 0.25) is 0 Å². The fourth-order valence-corrected chi connectivity index (χ4v) is 7.95. The van der Waals surface area contributed by atoms with Crippen LogP contribution in [-0.4, -0.2) is 72.9 Å². The number of non-ortho nitro benzene ring substituents is 1. The summed E-state index contributed by atoms with van der Waals surface area (Å²) in [5.74, 6) is -1.18. The third-order valence-corrected chi connectivity index (χ3v) is 10.6. The third kappa shape index (κ3) is 5.23. The van der Waals surface area contributed by atoms with Crippen LogP contribution in [0.3, 0.4) is 0 Å². The van der Waals surface area contributed by atoms with Gasteiger partial charge in [0.2, 0.25) is 10.0 Å². The maximum atomic E-state index is 13.3. The highest BCUT2D eigenvalue weighted by Gasteiger charge is 2.43. The zero-order chi connectivity index (χ0) is 24.4. The molecule has 1 fully saturated rings. The molecule has 0 spiro atoms. The van der Waals surface area contributed by atoms with Gasteiger partial charge in [-0.15, -0.1) is 11.3 Å². The molecule has 1 aliphatic heterocycles. The van der Waals surface area contributed by atoms with Gasteiger partial charge in [-0.2, -0.15) is 8.61 Å². The number of hydrogen-bond donors (Lipinski definition) is 2. The summed E-state index contributed by atoms with van der Waals surface area (Å²) >= 11 is 0.911. The quantitative estimate of drug-likeness (QED) is 0.299. The molecule has 12 nitrogen and oxygen atoms in total. The number of nitrogens with one attached hydrogen (secondary N) is 1. The van der Waals surface area contributed by atoms with E-state index in [0.717, 1.165) is 19.9 Å². The standard InChI is InChI=1S/C18H22N4O8S3/c1-2-11-32(27,28)20-9-10-21(15(12-20)18(23)19-24)33(29,30)17-8-7-16(31-17)13-3-5-14(6-4-13)22(25)26/h3-8,15,24H,2,9-12H2,1H3,(H,19,23)/t15-/m1/s1. The average Bonchev–Trinajstić information content (AvgIpc) is 3.29. The van der Waals surface area contributed by atoms with Crippen molar-refractivity contribution in [1.29, 1.82) is 0 Å². The van der Waals surface area contributed by atoms with Crippen molar-refractivity contribution < 1.29 is 31.8 Å². The summed E-state index contributed by atoms with van der Waals surface area (Å²) in [5.41, 5.74) is 1.90. The number of nitro groups is 1. The first-order valence-corrected chi connectivity index (χ1v) is 13.7. The number of thiophene rings is 1. The van der Waals surface area contributed by atoms with Crippen LogP contribution in [0.1, 0.15) is 13.3 Å². The van der Waals surface area contributed by atoms with Gasteiger partial charge in [-0.3, -0.25) is 20.1 Å². The highest BCUT2D eigenvalue weighted by Crippen LogP contribution is 2.34. The van der Waals surface area contributed by atoms with Gasteiger partial charge in [-0.1, -0.05) is 6.92 Å². The maximum Gasteiger partial charge on any atom is 0.269 e. The number of nitrogens with zero attached hydrogens (tertiary/aromatic N) is 3. The lowest BCUT2D eigenvalue weighted by Crippen LogP contribution is -2.61. The normalized spacial score (nSPS) is 18.2. The molecule has 0 unspecified atom stereocenters. The zero-order valence-electron chi connectivity index (χ0n) is 17.4. The van der Waals surface area contributed by atoms with Crippen molar-refractivity contribution in [3.8, 4) is 10.4 Å². The number of nitro benzene ring substituents is 1. The van der Waals surface area contributed by atoms with Crippen molar-refractivity contribution in [2.24, 2.45) is 0 Å². The molecule has 1 amide bonds. The summed E-state index contributed by atoms with van der Waals surface area (Å²) in [7, 11) is -7.88. The largest absolute Gasteiger partial charge is 0.289 e. The van der Waals surface area contributed by atoms with Crippen LogP contribution < -0.4 is 5.48 Å². The molecule has 0 radical (unpaired) electrons. The number of carbonyl (C=O) groups excluding carboxylic acids is 1. The summed E-state index contributed by atoms with van der Waals surface area (Å²) in [6.45, 7) is 0.871. The first-order chi connectivity index (χ1) is 15.5. The van der Waals surface area contributed by atoms with Crippen LogP contribution in [0.25, 0.3) is 10.4 Å². The van der Waals surface area contributed by atoms with E-state index in [4.69, 9.17) is 5.21 Å². The molecule has 180 valence electrons. The van der Waals surface area contributed by atoms with Crippen molar-refractivity contribution in [2.45, 2.75) is 23.6 Å². The Balaban J connectivity index is 1.89. The van der Waals surface area contributed by atoms with Gasteiger partial charge in [0, 0.05) is 36.6 Å². The molecule has 1 aromatic heterocycles. The van der Waals surface area contributed by atoms with E-state index in [1.54, 1.807) is 13.0 Å². The predicted octanol–water partition coefficient (Wildman–Crippen LogP) is 1.24. The summed E-state index contributed by atoms with van der Waals surface area (Å²) < 4.78 is 53.3. The summed E-state index contributed by atoms with van der Waals surface area (Å²) in [5, 5.41) is 19.9. The van der Waals surface area contributed by atoms with Crippen molar-refractivity contribution >= 4 is 43.0 Å². The van der Waals surface area contributed by atoms with E-state index in [-0.39, 0.29) is 28.7 Å². The molecular weight excluding hydrogens is 496 g/mol. The molecule has 1 saturated heterocycles. The fraction of sp³-hybridized carbons (Fsp3) is 0.389. The van der Waals surface area contributed by atoms with Crippen molar-refractivity contribution in [3.63, 3.8) is 0 Å². The Hall–Kier alpha value is -2.43. The summed E-state index contributed by atoms with van der Waals surface area (Å²) in [4.78, 5) is 23.1. The molecule has 0 aliphatic carbocycles. The molecule has 15 heteroatoms. The Kier molecular flexibility index (Phi) is 7.50.